The molecule has 1 aromatic carbocycles. The number of amides is 1. The van der Waals surface area contributed by atoms with E-state index in [0.717, 1.165) is 22.3 Å². The second-order valence-electron chi connectivity index (χ2n) is 4.90. The molecule has 2 N–H and O–H groups in total. The van der Waals surface area contributed by atoms with Crippen LogP contribution in [0.15, 0.2) is 28.7 Å². The van der Waals surface area contributed by atoms with Crippen LogP contribution in [0.3, 0.4) is 0 Å². The lowest BCUT2D eigenvalue weighted by atomic mass is 10.1. The molecule has 0 radical (unpaired) electrons. The van der Waals surface area contributed by atoms with Gasteiger partial charge in [0.1, 0.15) is 11.3 Å². The Hall–Kier alpha value is -1.85. The molecule has 1 aromatic heterocycles. The lowest BCUT2D eigenvalue weighted by molar-refractivity contribution is -0.121. The van der Waals surface area contributed by atoms with Crippen molar-refractivity contribution in [3.63, 3.8) is 0 Å². The first-order chi connectivity index (χ1) is 10.2. The van der Waals surface area contributed by atoms with Gasteiger partial charge in [0, 0.05) is 44.1 Å². The normalized spacial score (nSPS) is 11.0. The van der Waals surface area contributed by atoms with Gasteiger partial charge in [0.05, 0.1) is 6.61 Å². The third kappa shape index (κ3) is 4.31. The van der Waals surface area contributed by atoms with Crippen molar-refractivity contribution in [2.75, 3.05) is 26.8 Å². The van der Waals surface area contributed by atoms with E-state index < -0.39 is 0 Å². The van der Waals surface area contributed by atoms with Gasteiger partial charge in [-0.25, -0.2) is 0 Å². The Labute approximate surface area is 124 Å². The molecule has 21 heavy (non-hydrogen) atoms. The minimum atomic E-state index is 0.0355. The highest BCUT2D eigenvalue weighted by Crippen LogP contribution is 2.24. The number of rotatable bonds is 8. The molecule has 1 heterocycles. The lowest BCUT2D eigenvalue weighted by Gasteiger charge is -2.06. The molecule has 0 fully saturated rings. The van der Waals surface area contributed by atoms with Gasteiger partial charge in [-0.1, -0.05) is 18.2 Å². The van der Waals surface area contributed by atoms with E-state index in [1.165, 1.54) is 0 Å². The summed E-state index contributed by atoms with van der Waals surface area (Å²) in [6, 6.07) is 7.99. The van der Waals surface area contributed by atoms with Gasteiger partial charge in [-0.2, -0.15) is 0 Å². The molecular formula is C16H22N2O3. The predicted octanol–water partition coefficient (Wildman–Crippen LogP) is 1.98. The number of para-hydroxylation sites is 1. The Morgan fingerprint density at radius 1 is 1.29 bits per heavy atom. The molecule has 0 aliphatic heterocycles. The molecular weight excluding hydrogens is 268 g/mol. The molecule has 1 amide bonds. The number of methoxy groups -OCH3 is 1. The Morgan fingerprint density at radius 3 is 2.90 bits per heavy atom. The van der Waals surface area contributed by atoms with Crippen LogP contribution in [0.5, 0.6) is 0 Å². The molecule has 2 rings (SSSR count). The number of benzene rings is 1. The maximum atomic E-state index is 11.5. The van der Waals surface area contributed by atoms with Crippen LogP contribution in [-0.2, 0) is 16.1 Å². The molecule has 5 heteroatoms. The van der Waals surface area contributed by atoms with Crippen molar-refractivity contribution < 1.29 is 13.9 Å². The Balaban J connectivity index is 1.78. The first kappa shape index (κ1) is 15.5. The zero-order valence-electron chi connectivity index (χ0n) is 12.6. The van der Waals surface area contributed by atoms with E-state index in [2.05, 4.69) is 16.7 Å². The van der Waals surface area contributed by atoms with Crippen LogP contribution in [0.4, 0.5) is 0 Å². The summed E-state index contributed by atoms with van der Waals surface area (Å²) in [5, 5.41) is 7.22. The zero-order valence-corrected chi connectivity index (χ0v) is 12.6. The average molecular weight is 290 g/mol. The minimum Gasteiger partial charge on any atom is -0.461 e. The number of nitrogens with one attached hydrogen (secondary N) is 2. The number of aryl methyl sites for hydroxylation is 1. The molecule has 0 saturated heterocycles. The summed E-state index contributed by atoms with van der Waals surface area (Å²) in [5.74, 6) is 0.960. The summed E-state index contributed by atoms with van der Waals surface area (Å²) in [7, 11) is 1.62. The van der Waals surface area contributed by atoms with E-state index in [9.17, 15) is 4.79 Å². The van der Waals surface area contributed by atoms with Gasteiger partial charge in [0.2, 0.25) is 5.91 Å². The van der Waals surface area contributed by atoms with Crippen molar-refractivity contribution in [2.24, 2.45) is 0 Å². The van der Waals surface area contributed by atoms with Crippen molar-refractivity contribution in [1.29, 1.82) is 0 Å². The van der Waals surface area contributed by atoms with Gasteiger partial charge in [0.15, 0.2) is 0 Å². The largest absolute Gasteiger partial charge is 0.461 e. The van der Waals surface area contributed by atoms with Crippen molar-refractivity contribution in [3.05, 3.63) is 35.6 Å². The molecule has 0 saturated carbocycles. The topological polar surface area (TPSA) is 63.5 Å². The average Bonchev–Trinajstić information content (AvgIpc) is 2.80. The van der Waals surface area contributed by atoms with Gasteiger partial charge in [-0.05, 0) is 13.0 Å². The third-order valence-corrected chi connectivity index (χ3v) is 3.36. The van der Waals surface area contributed by atoms with Crippen LogP contribution >= 0.6 is 0 Å². The van der Waals surface area contributed by atoms with E-state index in [0.29, 0.717) is 32.7 Å². The first-order valence-electron chi connectivity index (χ1n) is 7.15. The minimum absolute atomic E-state index is 0.0355. The first-order valence-corrected chi connectivity index (χ1v) is 7.15. The molecule has 5 nitrogen and oxygen atoms in total. The summed E-state index contributed by atoms with van der Waals surface area (Å²) in [6.07, 6.45) is 0.457. The molecule has 114 valence electrons. The van der Waals surface area contributed by atoms with Crippen molar-refractivity contribution in [2.45, 2.75) is 19.9 Å². The quantitative estimate of drug-likeness (QED) is 0.730. The number of ether oxygens (including phenoxy) is 1. The summed E-state index contributed by atoms with van der Waals surface area (Å²) in [4.78, 5) is 11.5. The fraction of sp³-hybridized carbons (Fsp3) is 0.438. The summed E-state index contributed by atoms with van der Waals surface area (Å²) < 4.78 is 10.6. The summed E-state index contributed by atoms with van der Waals surface area (Å²) >= 11 is 0. The number of furan rings is 1. The smallest absolute Gasteiger partial charge is 0.221 e. The number of carbonyl (C=O) groups excluding carboxylic acids is 1. The number of hydrogen-bond donors (Lipinski definition) is 2. The molecule has 0 bridgehead atoms. The Morgan fingerprint density at radius 2 is 2.10 bits per heavy atom. The van der Waals surface area contributed by atoms with Crippen molar-refractivity contribution in [3.8, 4) is 0 Å². The van der Waals surface area contributed by atoms with Gasteiger partial charge < -0.3 is 19.8 Å². The molecule has 0 aliphatic rings. The Kier molecular flexibility index (Phi) is 5.78. The highest BCUT2D eigenvalue weighted by molar-refractivity contribution is 5.82. The number of carbonyl (C=O) groups is 1. The van der Waals surface area contributed by atoms with Gasteiger partial charge >= 0.3 is 0 Å². The van der Waals surface area contributed by atoms with Gasteiger partial charge in [-0.3, -0.25) is 4.79 Å². The summed E-state index contributed by atoms with van der Waals surface area (Å²) in [6.45, 7) is 4.40. The molecule has 2 aromatic rings. The van der Waals surface area contributed by atoms with Crippen LogP contribution in [0.25, 0.3) is 11.0 Å². The molecule has 0 spiro atoms. The molecule has 0 atom stereocenters. The molecule has 0 unspecified atom stereocenters. The van der Waals surface area contributed by atoms with Gasteiger partial charge in [0.25, 0.3) is 0 Å². The highest BCUT2D eigenvalue weighted by Gasteiger charge is 2.09. The van der Waals surface area contributed by atoms with E-state index >= 15 is 0 Å². The number of fused-ring (bicyclic) bond motifs is 1. The van der Waals surface area contributed by atoms with E-state index in [1.807, 2.05) is 25.1 Å². The predicted molar refractivity (Wildman–Crippen MR) is 82.2 cm³/mol. The van der Waals surface area contributed by atoms with Crippen LogP contribution in [-0.4, -0.2) is 32.7 Å². The van der Waals surface area contributed by atoms with Crippen LogP contribution in [0.2, 0.25) is 0 Å². The van der Waals surface area contributed by atoms with E-state index in [4.69, 9.17) is 9.15 Å². The number of hydrogen-bond acceptors (Lipinski definition) is 4. The summed E-state index contributed by atoms with van der Waals surface area (Å²) in [5.41, 5.74) is 2.06. The second kappa shape index (κ2) is 7.81. The van der Waals surface area contributed by atoms with E-state index in [1.54, 1.807) is 7.11 Å². The SMILES string of the molecule is COCCNC(=O)CCNCc1c(C)oc2ccccc12. The highest BCUT2D eigenvalue weighted by atomic mass is 16.5. The van der Waals surface area contributed by atoms with Gasteiger partial charge in [-0.15, -0.1) is 0 Å². The fourth-order valence-corrected chi connectivity index (χ4v) is 2.24. The maximum absolute atomic E-state index is 11.5. The zero-order chi connectivity index (χ0) is 15.1. The monoisotopic (exact) mass is 290 g/mol. The van der Waals surface area contributed by atoms with Crippen LogP contribution < -0.4 is 10.6 Å². The lowest BCUT2D eigenvalue weighted by Crippen LogP contribution is -2.30. The van der Waals surface area contributed by atoms with Crippen LogP contribution in [0.1, 0.15) is 17.7 Å². The van der Waals surface area contributed by atoms with Crippen LogP contribution in [0, 0.1) is 6.92 Å². The van der Waals surface area contributed by atoms with Crippen molar-refractivity contribution >= 4 is 16.9 Å². The standard InChI is InChI=1S/C16H22N2O3/c1-12-14(13-5-3-4-6-15(13)21-12)11-17-8-7-16(19)18-9-10-20-2/h3-6,17H,7-11H2,1-2H3,(H,18,19). The molecule has 0 aliphatic carbocycles. The maximum Gasteiger partial charge on any atom is 0.221 e. The third-order valence-electron chi connectivity index (χ3n) is 3.36. The fourth-order valence-electron chi connectivity index (χ4n) is 2.24. The van der Waals surface area contributed by atoms with Crippen molar-refractivity contribution in [1.82, 2.24) is 10.6 Å². The second-order valence-corrected chi connectivity index (χ2v) is 4.90. The Bertz CT molecular complexity index is 592. The van der Waals surface area contributed by atoms with E-state index in [-0.39, 0.29) is 5.91 Å².